The summed E-state index contributed by atoms with van der Waals surface area (Å²) in [6.07, 6.45) is 3.56. The van der Waals surface area contributed by atoms with Crippen molar-refractivity contribution < 1.29 is 14.8 Å². The van der Waals surface area contributed by atoms with Crippen molar-refractivity contribution in [3.63, 3.8) is 0 Å². The highest BCUT2D eigenvalue weighted by Gasteiger charge is 2.11. The molecule has 0 fully saturated rings. The monoisotopic (exact) mass is 273 g/mol. The molecule has 0 radical (unpaired) electrons. The Kier molecular flexibility index (Phi) is 3.61. The van der Waals surface area contributed by atoms with Gasteiger partial charge in [0, 0.05) is 6.07 Å². The fourth-order valence-corrected chi connectivity index (χ4v) is 1.88. The van der Waals surface area contributed by atoms with E-state index in [0.29, 0.717) is 0 Å². The maximum atomic E-state index is 11.9. The van der Waals surface area contributed by atoms with Crippen LogP contribution in [-0.4, -0.2) is 14.8 Å². The number of phenols is 2. The SMILES string of the molecule is Cc1cc(C=Cc2ccc(O)c(O)c2)[n+](C)c(=O)n1C. The van der Waals surface area contributed by atoms with Crippen LogP contribution in [-0.2, 0) is 14.1 Å². The minimum Gasteiger partial charge on any atom is -0.504 e. The minimum atomic E-state index is -0.170. The van der Waals surface area contributed by atoms with E-state index in [1.54, 1.807) is 41.4 Å². The molecule has 0 spiro atoms. The van der Waals surface area contributed by atoms with Gasteiger partial charge in [0.2, 0.25) is 0 Å². The van der Waals surface area contributed by atoms with Crippen LogP contribution in [0.1, 0.15) is 17.0 Å². The number of rotatable bonds is 2. The number of phenolic OH excluding ortho intramolecular Hbond substituents is 2. The molecule has 0 unspecified atom stereocenters. The van der Waals surface area contributed by atoms with Crippen molar-refractivity contribution in [2.75, 3.05) is 0 Å². The summed E-state index contributed by atoms with van der Waals surface area (Å²) in [7, 11) is 3.43. The molecule has 20 heavy (non-hydrogen) atoms. The number of nitrogens with zero attached hydrogens (tertiary/aromatic N) is 2. The van der Waals surface area contributed by atoms with Crippen molar-refractivity contribution in [2.24, 2.45) is 14.1 Å². The molecule has 1 aromatic heterocycles. The quantitative estimate of drug-likeness (QED) is 0.636. The average molecular weight is 273 g/mol. The predicted octanol–water partition coefficient (Wildman–Crippen LogP) is 1.10. The molecule has 5 nitrogen and oxygen atoms in total. The third kappa shape index (κ3) is 2.56. The van der Waals surface area contributed by atoms with Gasteiger partial charge in [-0.15, -0.1) is 0 Å². The first-order valence-corrected chi connectivity index (χ1v) is 6.17. The Balaban J connectivity index is 2.41. The maximum absolute atomic E-state index is 11.9. The van der Waals surface area contributed by atoms with Gasteiger partial charge in [-0.3, -0.25) is 0 Å². The van der Waals surface area contributed by atoms with E-state index in [4.69, 9.17) is 0 Å². The maximum Gasteiger partial charge on any atom is 0.498 e. The van der Waals surface area contributed by atoms with Crippen molar-refractivity contribution in [1.29, 1.82) is 0 Å². The molecule has 0 bridgehead atoms. The second-order valence-corrected chi connectivity index (χ2v) is 4.69. The molecule has 1 aromatic carbocycles. The van der Waals surface area contributed by atoms with Crippen LogP contribution in [0.5, 0.6) is 11.5 Å². The second kappa shape index (κ2) is 5.21. The fourth-order valence-electron chi connectivity index (χ4n) is 1.88. The number of aromatic nitrogens is 2. The summed E-state index contributed by atoms with van der Waals surface area (Å²) >= 11 is 0. The summed E-state index contributed by atoms with van der Waals surface area (Å²) in [6, 6.07) is 6.46. The van der Waals surface area contributed by atoms with E-state index in [2.05, 4.69) is 0 Å². The molecule has 0 amide bonds. The number of hydrogen-bond donors (Lipinski definition) is 2. The lowest BCUT2D eigenvalue weighted by Crippen LogP contribution is -2.53. The van der Waals surface area contributed by atoms with Crippen LogP contribution in [0.25, 0.3) is 12.2 Å². The Labute approximate surface area is 116 Å². The summed E-state index contributed by atoms with van der Waals surface area (Å²) in [4.78, 5) is 11.9. The molecule has 104 valence electrons. The van der Waals surface area contributed by atoms with E-state index >= 15 is 0 Å². The summed E-state index contributed by atoms with van der Waals surface area (Å²) in [5, 5.41) is 18.7. The van der Waals surface area contributed by atoms with Crippen LogP contribution in [0.4, 0.5) is 0 Å². The van der Waals surface area contributed by atoms with Gasteiger partial charge in [0.25, 0.3) is 0 Å². The van der Waals surface area contributed by atoms with E-state index in [0.717, 1.165) is 17.0 Å². The normalized spacial score (nSPS) is 11.2. The van der Waals surface area contributed by atoms with Gasteiger partial charge in [-0.25, -0.2) is 0 Å². The van der Waals surface area contributed by atoms with E-state index in [9.17, 15) is 15.0 Å². The highest BCUT2D eigenvalue weighted by Crippen LogP contribution is 2.25. The third-order valence-electron chi connectivity index (χ3n) is 3.29. The molecule has 0 saturated heterocycles. The van der Waals surface area contributed by atoms with Crippen LogP contribution < -0.4 is 10.3 Å². The highest BCUT2D eigenvalue weighted by atomic mass is 16.3. The Hall–Kier alpha value is -2.56. The van der Waals surface area contributed by atoms with Gasteiger partial charge in [0.15, 0.2) is 11.5 Å². The second-order valence-electron chi connectivity index (χ2n) is 4.69. The number of aryl methyl sites for hydroxylation is 1. The lowest BCUT2D eigenvalue weighted by atomic mass is 10.1. The van der Waals surface area contributed by atoms with Gasteiger partial charge < -0.3 is 10.2 Å². The largest absolute Gasteiger partial charge is 0.504 e. The zero-order valence-electron chi connectivity index (χ0n) is 11.7. The summed E-state index contributed by atoms with van der Waals surface area (Å²) in [5.41, 5.74) is 2.26. The first-order chi connectivity index (χ1) is 9.40. The van der Waals surface area contributed by atoms with Crippen molar-refractivity contribution in [3.8, 4) is 11.5 Å². The molecule has 1 heterocycles. The van der Waals surface area contributed by atoms with Gasteiger partial charge in [-0.2, -0.15) is 13.9 Å². The van der Waals surface area contributed by atoms with Crippen LogP contribution in [0.15, 0.2) is 29.1 Å². The Morgan fingerprint density at radius 3 is 2.50 bits per heavy atom. The minimum absolute atomic E-state index is 0.0989. The fraction of sp³-hybridized carbons (Fsp3) is 0.200. The Bertz CT molecular complexity index is 746. The van der Waals surface area contributed by atoms with Crippen LogP contribution in [0.3, 0.4) is 0 Å². The van der Waals surface area contributed by atoms with Crippen molar-refractivity contribution in [3.05, 3.63) is 51.7 Å². The van der Waals surface area contributed by atoms with Crippen LogP contribution in [0, 0.1) is 6.92 Å². The zero-order chi connectivity index (χ0) is 14.9. The first kappa shape index (κ1) is 13.9. The smallest absolute Gasteiger partial charge is 0.498 e. The molecule has 5 heteroatoms. The third-order valence-corrected chi connectivity index (χ3v) is 3.29. The molecule has 0 aliphatic carbocycles. The number of aromatic hydroxyl groups is 2. The molecule has 0 aliphatic rings. The van der Waals surface area contributed by atoms with E-state index in [1.807, 2.05) is 13.0 Å². The van der Waals surface area contributed by atoms with Crippen molar-refractivity contribution in [1.82, 2.24) is 4.57 Å². The summed E-state index contributed by atoms with van der Waals surface area (Å²) in [6.45, 7) is 1.87. The topological polar surface area (TPSA) is 66.3 Å². The van der Waals surface area contributed by atoms with Crippen LogP contribution >= 0.6 is 0 Å². The molecule has 2 N–H and O–H groups in total. The molecule has 0 saturated carbocycles. The van der Waals surface area contributed by atoms with Gasteiger partial charge in [0.05, 0.1) is 14.1 Å². The van der Waals surface area contributed by atoms with Gasteiger partial charge in [-0.1, -0.05) is 12.1 Å². The molecule has 2 rings (SSSR count). The lowest BCUT2D eigenvalue weighted by Gasteiger charge is -2.02. The van der Waals surface area contributed by atoms with Crippen molar-refractivity contribution >= 4 is 12.2 Å². The first-order valence-electron chi connectivity index (χ1n) is 6.17. The van der Waals surface area contributed by atoms with Crippen molar-refractivity contribution in [2.45, 2.75) is 6.92 Å². The van der Waals surface area contributed by atoms with Gasteiger partial charge >= 0.3 is 5.69 Å². The molecule has 0 atom stereocenters. The molecular weight excluding hydrogens is 256 g/mol. The number of benzene rings is 1. The van der Waals surface area contributed by atoms with E-state index in [-0.39, 0.29) is 17.2 Å². The zero-order valence-corrected chi connectivity index (χ0v) is 11.7. The van der Waals surface area contributed by atoms with Gasteiger partial charge in [0.1, 0.15) is 11.4 Å². The molecule has 0 aliphatic heterocycles. The molecular formula is C15H17N2O3+. The van der Waals surface area contributed by atoms with E-state index in [1.165, 1.54) is 12.1 Å². The Morgan fingerprint density at radius 2 is 1.85 bits per heavy atom. The lowest BCUT2D eigenvalue weighted by molar-refractivity contribution is -0.692. The van der Waals surface area contributed by atoms with Crippen LogP contribution in [0.2, 0.25) is 0 Å². The average Bonchev–Trinajstić information content (AvgIpc) is 2.42. The summed E-state index contributed by atoms with van der Waals surface area (Å²) in [5.74, 6) is -0.325. The van der Waals surface area contributed by atoms with E-state index < -0.39 is 0 Å². The standard InChI is InChI=1S/C15H16N2O3/c1-10-8-12(17(3)15(20)16(10)2)6-4-11-5-7-13(18)14(19)9-11/h4-9,19H,1-3H3/p+1. The highest BCUT2D eigenvalue weighted by molar-refractivity contribution is 5.68. The van der Waals surface area contributed by atoms with Gasteiger partial charge in [-0.05, 0) is 30.7 Å². The molecule has 2 aromatic rings. The summed E-state index contributed by atoms with van der Waals surface area (Å²) < 4.78 is 3.12. The Morgan fingerprint density at radius 1 is 1.15 bits per heavy atom. The predicted molar refractivity (Wildman–Crippen MR) is 76.3 cm³/mol. The number of hydrogen-bond acceptors (Lipinski definition) is 3.